The zero-order valence-corrected chi connectivity index (χ0v) is 54.3. The first kappa shape index (κ1) is 65.8. The number of hydrogen-bond acceptors (Lipinski definition) is 13. The fourth-order valence-electron chi connectivity index (χ4n) is 16.1. The average Bonchev–Trinajstić information content (AvgIpc) is 1.19. The highest BCUT2D eigenvalue weighted by Crippen LogP contribution is 2.65. The van der Waals surface area contributed by atoms with Gasteiger partial charge in [-0.3, -0.25) is 8.98 Å². The van der Waals surface area contributed by atoms with Crippen LogP contribution in [0.15, 0.2) is 96.1 Å². The van der Waals surface area contributed by atoms with Gasteiger partial charge in [0.15, 0.2) is 0 Å². The van der Waals surface area contributed by atoms with Gasteiger partial charge in [-0.1, -0.05) is 96.7 Å². The molecule has 0 spiro atoms. The van der Waals surface area contributed by atoms with Crippen molar-refractivity contribution in [1.82, 2.24) is 0 Å². The van der Waals surface area contributed by atoms with E-state index in [2.05, 4.69) is 24.3 Å². The average molecular weight is 1270 g/mol. The van der Waals surface area contributed by atoms with Crippen molar-refractivity contribution in [2.45, 2.75) is 135 Å². The van der Waals surface area contributed by atoms with Crippen LogP contribution < -0.4 is 18.5 Å². The van der Waals surface area contributed by atoms with Crippen LogP contribution >= 0.6 is 38.1 Å². The summed E-state index contributed by atoms with van der Waals surface area (Å²) >= 11 is 14.3. The molecular formula is C69H83Cl2NO13P2. The van der Waals surface area contributed by atoms with Gasteiger partial charge in [-0.15, -0.1) is 0 Å². The lowest BCUT2D eigenvalue weighted by Gasteiger charge is -2.51. The predicted molar refractivity (Wildman–Crippen MR) is 339 cm³/mol. The molecule has 87 heavy (non-hydrogen) atoms. The van der Waals surface area contributed by atoms with E-state index < -0.39 is 19.3 Å². The maximum atomic E-state index is 14.3. The Morgan fingerprint density at radius 3 is 1.24 bits per heavy atom. The quantitative estimate of drug-likeness (QED) is 0.0522. The van der Waals surface area contributed by atoms with Crippen molar-refractivity contribution in [2.24, 2.45) is 47.3 Å². The standard InChI is InChI=1S/C37H47ClNO5P.C30H36ClO4P.2CO2/c1-3-8-28-13-16-33(37(42-2)34-29-20-26-19-27(22-29)23-30(34)21-26)35(38)36(28)43-24-25-11-14-31(15-12-25)44-45(41,32-9-4-5-10-32)39(40)17-6-7-18-39;1-5-6-22-9-12-26(30(33-2)27-23-14-20-13-21(16-23)17-24(27)15-20)28(31)29(22)34-18-19-7-10-25(11-8-19)35-36(3,4)32;2*2-1-3/h3,8,11-16,26-27,29-30,32H,4-7,9-10,17-24H2,1-2H3;5-12,20-21,23-24H,13-18H2,1-4H3;;/b8-3+,37-34?;6-5+,30-27?;;. The van der Waals surface area contributed by atoms with Gasteiger partial charge < -0.3 is 33.2 Å². The number of rotatable bonds is 18. The van der Waals surface area contributed by atoms with E-state index in [1.165, 1.54) is 75.4 Å². The fraction of sp³-hybridized carbons (Fsp3) is 0.507. The molecule has 14 rings (SSSR count). The van der Waals surface area contributed by atoms with Crippen molar-refractivity contribution in [2.75, 3.05) is 40.6 Å². The van der Waals surface area contributed by atoms with E-state index in [1.54, 1.807) is 27.5 Å². The van der Waals surface area contributed by atoms with Crippen molar-refractivity contribution in [1.29, 1.82) is 0 Å². The van der Waals surface area contributed by atoms with Gasteiger partial charge in [0.1, 0.15) is 53.4 Å². The number of halogens is 2. The van der Waals surface area contributed by atoms with E-state index in [1.807, 2.05) is 86.7 Å². The molecule has 466 valence electrons. The highest BCUT2D eigenvalue weighted by atomic mass is 35.5. The van der Waals surface area contributed by atoms with E-state index in [0.717, 1.165) is 107 Å². The molecule has 4 aromatic carbocycles. The van der Waals surface area contributed by atoms with E-state index in [0.29, 0.717) is 83.0 Å². The minimum absolute atomic E-state index is 0.151. The Bertz CT molecular complexity index is 3290. The first-order valence-corrected chi connectivity index (χ1v) is 35.8. The van der Waals surface area contributed by atoms with Crippen LogP contribution in [0.5, 0.6) is 23.0 Å². The van der Waals surface area contributed by atoms with Gasteiger partial charge in [-0.25, -0.2) is 4.57 Å². The summed E-state index contributed by atoms with van der Waals surface area (Å²) in [5, 5.41) is 14.9. The molecule has 10 fully saturated rings. The Kier molecular flexibility index (Phi) is 22.2. The Hall–Kier alpha value is -5.64. The summed E-state index contributed by atoms with van der Waals surface area (Å²) in [5.74, 6) is 10.2. The lowest BCUT2D eigenvalue weighted by Crippen LogP contribution is -2.40. The smallest absolute Gasteiger partial charge is 0.434 e. The van der Waals surface area contributed by atoms with Crippen molar-refractivity contribution < 1.29 is 60.7 Å². The number of benzene rings is 4. The Morgan fingerprint density at radius 1 is 0.552 bits per heavy atom. The van der Waals surface area contributed by atoms with Crippen molar-refractivity contribution in [3.05, 3.63) is 145 Å². The Morgan fingerprint density at radius 2 is 0.908 bits per heavy atom. The second kappa shape index (κ2) is 29.3. The lowest BCUT2D eigenvalue weighted by molar-refractivity contribution is -0.750. The molecule has 1 unspecified atom stereocenters. The number of hydrogen-bond donors (Lipinski definition) is 0. The summed E-state index contributed by atoms with van der Waals surface area (Å²) in [4.78, 5) is 32.5. The maximum Gasteiger partial charge on any atom is 0.434 e. The Balaban J connectivity index is 0.000000194. The van der Waals surface area contributed by atoms with Gasteiger partial charge in [-0.05, 0) is 197 Å². The first-order chi connectivity index (χ1) is 41.9. The van der Waals surface area contributed by atoms with Crippen LogP contribution in [0, 0.1) is 52.6 Å². The minimum atomic E-state index is -3.48. The molecule has 14 nitrogen and oxygen atoms in total. The summed E-state index contributed by atoms with van der Waals surface area (Å²) in [7, 11) is -2.52. The molecule has 1 aliphatic heterocycles. The normalized spacial score (nSPS) is 25.2. The van der Waals surface area contributed by atoms with E-state index >= 15 is 0 Å². The van der Waals surface area contributed by atoms with E-state index in [4.69, 9.17) is 70.4 Å². The molecule has 0 radical (unpaired) electrons. The van der Waals surface area contributed by atoms with Gasteiger partial charge >= 0.3 is 19.8 Å². The second-order valence-electron chi connectivity index (χ2n) is 25.2. The predicted octanol–water partition coefficient (Wildman–Crippen LogP) is 17.9. The van der Waals surface area contributed by atoms with E-state index in [-0.39, 0.29) is 18.0 Å². The largest absolute Gasteiger partial charge is 0.627 e. The molecule has 0 amide bonds. The third-order valence-electron chi connectivity index (χ3n) is 19.1. The number of allylic oxidation sites excluding steroid dienone is 4. The van der Waals surface area contributed by atoms with Crippen LogP contribution in [-0.2, 0) is 51.0 Å². The van der Waals surface area contributed by atoms with Crippen molar-refractivity contribution in [3.63, 3.8) is 0 Å². The van der Waals surface area contributed by atoms with Crippen LogP contribution in [0.3, 0.4) is 0 Å². The third-order valence-corrected chi connectivity index (χ3v) is 23.9. The number of carbonyl (C=O) groups excluding carboxylic acids is 4. The maximum absolute atomic E-state index is 14.3. The number of methoxy groups -OCH3 is 2. The SMILES string of the molecule is C/C=C/c1ccc(C(OC)=C2C3CC4CC(C3)CC2C4)c(Cl)c1OCc1ccc(OP(=O)(C2CCCC2)[N+]2([O-])CCCC2)cc1.C/C=C/c1ccc(C(OC)=C2C3CC4CC(C3)CC2C4)c(Cl)c1OCc1ccc(OP(C)(C)=O)cc1.O=C=O.O=C=O. The summed E-state index contributed by atoms with van der Waals surface area (Å²) in [6, 6.07) is 23.3. The first-order valence-electron chi connectivity index (χ1n) is 30.9. The fourth-order valence-corrected chi connectivity index (χ4v) is 20.5. The van der Waals surface area contributed by atoms with Crippen molar-refractivity contribution in [3.8, 4) is 23.0 Å². The lowest BCUT2D eigenvalue weighted by atomic mass is 9.54. The topological polar surface area (TPSA) is 181 Å². The van der Waals surface area contributed by atoms with Crippen LogP contribution in [0.4, 0.5) is 0 Å². The molecule has 1 heterocycles. The summed E-state index contributed by atoms with van der Waals surface area (Å²) in [6.45, 7) is 8.63. The Labute approximate surface area is 523 Å². The van der Waals surface area contributed by atoms with E-state index in [9.17, 15) is 14.3 Å². The van der Waals surface area contributed by atoms with Crippen LogP contribution in [0.1, 0.15) is 150 Å². The van der Waals surface area contributed by atoms with Gasteiger partial charge in [0.2, 0.25) is 7.37 Å². The molecule has 18 heteroatoms. The molecule has 0 aromatic heterocycles. The molecule has 9 aliphatic carbocycles. The molecule has 9 saturated carbocycles. The number of quaternary nitrogens is 1. The van der Waals surface area contributed by atoms with Crippen LogP contribution in [-0.4, -0.2) is 63.0 Å². The van der Waals surface area contributed by atoms with Crippen LogP contribution in [0.2, 0.25) is 10.0 Å². The number of ether oxygens (including phenoxy) is 4. The van der Waals surface area contributed by atoms with Gasteiger partial charge in [-0.2, -0.15) is 19.2 Å². The molecule has 8 bridgehead atoms. The molecule has 1 saturated heterocycles. The highest BCUT2D eigenvalue weighted by molar-refractivity contribution is 7.57. The molecular weight excluding hydrogens is 1180 g/mol. The van der Waals surface area contributed by atoms with Crippen molar-refractivity contribution >= 4 is 74.1 Å². The molecule has 1 atom stereocenters. The highest BCUT2D eigenvalue weighted by Gasteiger charge is 2.53. The number of hydroxylamine groups is 2. The zero-order valence-electron chi connectivity index (χ0n) is 51.0. The summed E-state index contributed by atoms with van der Waals surface area (Å²) in [5.41, 5.74) is 8.41. The molecule has 0 N–H and O–H groups in total. The summed E-state index contributed by atoms with van der Waals surface area (Å²) < 4.78 is 62.4. The second-order valence-corrected chi connectivity index (χ2v) is 31.5. The minimum Gasteiger partial charge on any atom is -0.627 e. The molecule has 10 aliphatic rings. The van der Waals surface area contributed by atoms with Gasteiger partial charge in [0.05, 0.1) is 37.4 Å². The molecule has 4 aromatic rings. The number of nitrogens with zero attached hydrogens (tertiary/aromatic N) is 1. The van der Waals surface area contributed by atoms with Crippen LogP contribution in [0.25, 0.3) is 23.7 Å². The zero-order chi connectivity index (χ0) is 62.0. The third kappa shape index (κ3) is 15.0. The van der Waals surface area contributed by atoms with Gasteiger partial charge in [0, 0.05) is 48.4 Å². The van der Waals surface area contributed by atoms with Gasteiger partial charge in [0.25, 0.3) is 0 Å². The monoisotopic (exact) mass is 1270 g/mol. The summed E-state index contributed by atoms with van der Waals surface area (Å²) in [6.07, 6.45) is 26.9.